The van der Waals surface area contributed by atoms with Crippen molar-refractivity contribution in [1.29, 1.82) is 0 Å². The molecule has 1 aliphatic heterocycles. The molecule has 18 heavy (non-hydrogen) atoms. The third-order valence-electron chi connectivity index (χ3n) is 3.05. The van der Waals surface area contributed by atoms with Gasteiger partial charge in [-0.1, -0.05) is 12.1 Å². The van der Waals surface area contributed by atoms with Crippen molar-refractivity contribution in [1.82, 2.24) is 4.31 Å². The van der Waals surface area contributed by atoms with Crippen LogP contribution in [0.2, 0.25) is 0 Å². The Morgan fingerprint density at radius 3 is 2.78 bits per heavy atom. The molecule has 0 aliphatic carbocycles. The maximum Gasteiger partial charge on any atom is 0.246 e. The molecule has 0 bridgehead atoms. The van der Waals surface area contributed by atoms with Crippen molar-refractivity contribution in [2.24, 2.45) is 0 Å². The average Bonchev–Trinajstić information content (AvgIpc) is 2.38. The van der Waals surface area contributed by atoms with Gasteiger partial charge in [0.1, 0.15) is 10.6 Å². The predicted molar refractivity (Wildman–Crippen MR) is 67.0 cm³/mol. The molecule has 1 heterocycles. The van der Waals surface area contributed by atoms with Gasteiger partial charge in [-0.05, 0) is 25.0 Å². The van der Waals surface area contributed by atoms with Crippen LogP contribution in [0.4, 0.5) is 0 Å². The quantitative estimate of drug-likeness (QED) is 0.884. The number of hydrogen-bond acceptors (Lipinski definition) is 4. The minimum Gasteiger partial charge on any atom is -0.495 e. The topological polar surface area (TPSA) is 66.8 Å². The number of hydrogen-bond donors (Lipinski definition) is 1. The number of ether oxygens (including phenoxy) is 1. The second-order valence-corrected chi connectivity index (χ2v) is 6.22. The van der Waals surface area contributed by atoms with E-state index in [1.54, 1.807) is 18.2 Å². The van der Waals surface area contributed by atoms with E-state index in [-0.39, 0.29) is 11.4 Å². The largest absolute Gasteiger partial charge is 0.495 e. The van der Waals surface area contributed by atoms with E-state index in [0.29, 0.717) is 25.1 Å². The molecule has 0 radical (unpaired) electrons. The Hall–Kier alpha value is -1.11. The van der Waals surface area contributed by atoms with Crippen LogP contribution in [0.1, 0.15) is 12.8 Å². The molecule has 0 aromatic heterocycles. The number of methoxy groups -OCH3 is 1. The van der Waals surface area contributed by atoms with Crippen molar-refractivity contribution in [2.45, 2.75) is 23.8 Å². The summed E-state index contributed by atoms with van der Waals surface area (Å²) in [7, 11) is -2.15. The monoisotopic (exact) mass is 271 g/mol. The van der Waals surface area contributed by atoms with E-state index < -0.39 is 16.1 Å². The molecular weight excluding hydrogens is 254 g/mol. The SMILES string of the molecule is COc1ccccc1S(=O)(=O)N1CCCC(O)C1. The fourth-order valence-electron chi connectivity index (χ4n) is 2.11. The third kappa shape index (κ3) is 2.50. The van der Waals surface area contributed by atoms with Gasteiger partial charge in [0.25, 0.3) is 0 Å². The van der Waals surface area contributed by atoms with Gasteiger partial charge in [0.05, 0.1) is 13.2 Å². The van der Waals surface area contributed by atoms with Crippen LogP contribution < -0.4 is 4.74 Å². The molecule has 1 aromatic rings. The summed E-state index contributed by atoms with van der Waals surface area (Å²) in [5, 5.41) is 9.58. The van der Waals surface area contributed by atoms with Gasteiger partial charge in [0, 0.05) is 13.1 Å². The van der Waals surface area contributed by atoms with E-state index in [9.17, 15) is 13.5 Å². The summed E-state index contributed by atoms with van der Waals surface area (Å²) < 4.78 is 31.3. The van der Waals surface area contributed by atoms with E-state index in [0.717, 1.165) is 0 Å². The van der Waals surface area contributed by atoms with Crippen LogP contribution in [-0.2, 0) is 10.0 Å². The van der Waals surface area contributed by atoms with Crippen LogP contribution in [0.3, 0.4) is 0 Å². The lowest BCUT2D eigenvalue weighted by molar-refractivity contribution is 0.108. The van der Waals surface area contributed by atoms with Gasteiger partial charge in [-0.2, -0.15) is 4.31 Å². The Balaban J connectivity index is 2.35. The van der Waals surface area contributed by atoms with E-state index in [1.165, 1.54) is 17.5 Å². The maximum atomic E-state index is 12.4. The highest BCUT2D eigenvalue weighted by Gasteiger charge is 2.31. The number of nitrogens with zero attached hydrogens (tertiary/aromatic N) is 1. The second-order valence-electron chi connectivity index (χ2n) is 4.31. The highest BCUT2D eigenvalue weighted by Crippen LogP contribution is 2.27. The van der Waals surface area contributed by atoms with Crippen LogP contribution in [0, 0.1) is 0 Å². The van der Waals surface area contributed by atoms with Crippen molar-refractivity contribution < 1.29 is 18.3 Å². The molecule has 1 atom stereocenters. The van der Waals surface area contributed by atoms with E-state index in [4.69, 9.17) is 4.74 Å². The zero-order valence-corrected chi connectivity index (χ0v) is 11.1. The van der Waals surface area contributed by atoms with Gasteiger partial charge >= 0.3 is 0 Å². The second kappa shape index (κ2) is 5.26. The van der Waals surface area contributed by atoms with Gasteiger partial charge in [0.2, 0.25) is 10.0 Å². The number of benzene rings is 1. The zero-order chi connectivity index (χ0) is 13.2. The van der Waals surface area contributed by atoms with Crippen LogP contribution in [0.25, 0.3) is 0 Å². The molecule has 1 unspecified atom stereocenters. The minimum absolute atomic E-state index is 0.153. The lowest BCUT2D eigenvalue weighted by atomic mass is 10.1. The summed E-state index contributed by atoms with van der Waals surface area (Å²) in [6, 6.07) is 6.53. The number of aliphatic hydroxyl groups is 1. The van der Waals surface area contributed by atoms with Crippen molar-refractivity contribution >= 4 is 10.0 Å². The number of sulfonamides is 1. The molecule has 1 N–H and O–H groups in total. The molecular formula is C12H17NO4S. The fourth-order valence-corrected chi connectivity index (χ4v) is 3.78. The normalized spacial score (nSPS) is 21.8. The summed E-state index contributed by atoms with van der Waals surface area (Å²) >= 11 is 0. The molecule has 100 valence electrons. The van der Waals surface area contributed by atoms with Gasteiger partial charge in [-0.15, -0.1) is 0 Å². The Morgan fingerprint density at radius 1 is 1.39 bits per heavy atom. The molecule has 6 heteroatoms. The zero-order valence-electron chi connectivity index (χ0n) is 10.2. The summed E-state index contributed by atoms with van der Waals surface area (Å²) in [5.41, 5.74) is 0. The first-order valence-electron chi connectivity index (χ1n) is 5.87. The summed E-state index contributed by atoms with van der Waals surface area (Å²) in [5.74, 6) is 0.331. The van der Waals surface area contributed by atoms with Crippen LogP contribution in [0.15, 0.2) is 29.2 Å². The third-order valence-corrected chi connectivity index (χ3v) is 4.95. The Kier molecular flexibility index (Phi) is 3.89. The number of rotatable bonds is 3. The lowest BCUT2D eigenvalue weighted by Crippen LogP contribution is -2.42. The molecule has 1 saturated heterocycles. The molecule has 5 nitrogen and oxygen atoms in total. The predicted octanol–water partition coefficient (Wildman–Crippen LogP) is 0.841. The number of aliphatic hydroxyl groups excluding tert-OH is 1. The molecule has 0 saturated carbocycles. The smallest absolute Gasteiger partial charge is 0.246 e. The van der Waals surface area contributed by atoms with E-state index in [1.807, 2.05) is 0 Å². The minimum atomic E-state index is -3.59. The first kappa shape index (κ1) is 13.3. The van der Waals surface area contributed by atoms with Crippen LogP contribution >= 0.6 is 0 Å². The molecule has 0 amide bonds. The van der Waals surface area contributed by atoms with E-state index in [2.05, 4.69) is 0 Å². The van der Waals surface area contributed by atoms with Gasteiger partial charge < -0.3 is 9.84 Å². The van der Waals surface area contributed by atoms with Gasteiger partial charge in [-0.3, -0.25) is 0 Å². The highest BCUT2D eigenvalue weighted by molar-refractivity contribution is 7.89. The van der Waals surface area contributed by atoms with Crippen molar-refractivity contribution in [2.75, 3.05) is 20.2 Å². The van der Waals surface area contributed by atoms with Gasteiger partial charge in [0.15, 0.2) is 0 Å². The molecule has 0 spiro atoms. The van der Waals surface area contributed by atoms with Crippen molar-refractivity contribution in [3.8, 4) is 5.75 Å². The number of piperidine rings is 1. The molecule has 1 aliphatic rings. The molecule has 2 rings (SSSR count). The van der Waals surface area contributed by atoms with Crippen LogP contribution in [0.5, 0.6) is 5.75 Å². The Labute approximate surface area is 107 Å². The summed E-state index contributed by atoms with van der Waals surface area (Å²) in [6.45, 7) is 0.595. The van der Waals surface area contributed by atoms with Crippen LogP contribution in [-0.4, -0.2) is 44.1 Å². The lowest BCUT2D eigenvalue weighted by Gasteiger charge is -2.29. The highest BCUT2D eigenvalue weighted by atomic mass is 32.2. The summed E-state index contributed by atoms with van der Waals surface area (Å²) in [4.78, 5) is 0.154. The number of para-hydroxylation sites is 1. The number of β-amino-alcohol motifs (C(OH)–C–C–N with tert-alkyl or cyclic N) is 1. The van der Waals surface area contributed by atoms with Crippen molar-refractivity contribution in [3.05, 3.63) is 24.3 Å². The summed E-state index contributed by atoms with van der Waals surface area (Å²) in [6.07, 6.45) is 0.747. The first-order chi connectivity index (χ1) is 8.55. The Bertz CT molecular complexity index is 515. The van der Waals surface area contributed by atoms with Gasteiger partial charge in [-0.25, -0.2) is 8.42 Å². The fraction of sp³-hybridized carbons (Fsp3) is 0.500. The van der Waals surface area contributed by atoms with E-state index >= 15 is 0 Å². The first-order valence-corrected chi connectivity index (χ1v) is 7.31. The molecule has 1 aromatic carbocycles. The maximum absolute atomic E-state index is 12.4. The standard InChI is InChI=1S/C12H17NO4S/c1-17-11-6-2-3-7-12(11)18(15,16)13-8-4-5-10(14)9-13/h2-3,6-7,10,14H,4-5,8-9H2,1H3. The molecule has 1 fully saturated rings. The average molecular weight is 271 g/mol. The van der Waals surface area contributed by atoms with Crippen molar-refractivity contribution in [3.63, 3.8) is 0 Å². The Morgan fingerprint density at radius 2 is 2.11 bits per heavy atom.